The molecule has 2 aromatic rings. The Hall–Kier alpha value is -3.42. The number of likely N-dealkylation sites (tertiary alicyclic amines) is 2. The van der Waals surface area contributed by atoms with E-state index >= 15 is 0 Å². The summed E-state index contributed by atoms with van der Waals surface area (Å²) < 4.78 is 61.1. The Morgan fingerprint density at radius 3 is 1.22 bits per heavy atom. The van der Waals surface area contributed by atoms with Crippen LogP contribution >= 0.6 is 0 Å². The van der Waals surface area contributed by atoms with Gasteiger partial charge in [0.1, 0.15) is 0 Å². The number of unbranched alkanes of at least 4 members (excludes halogenated alkanes) is 12. The van der Waals surface area contributed by atoms with Crippen molar-refractivity contribution < 1.29 is 42.1 Å². The van der Waals surface area contributed by atoms with E-state index in [1.807, 2.05) is 0 Å². The Kier molecular flexibility index (Phi) is 19.5. The van der Waals surface area contributed by atoms with E-state index in [4.69, 9.17) is 4.74 Å². The lowest BCUT2D eigenvalue weighted by atomic mass is 10.0. The first kappa shape index (κ1) is 44.3. The first-order chi connectivity index (χ1) is 26.6. The van der Waals surface area contributed by atoms with Gasteiger partial charge in [0.2, 0.25) is 11.6 Å². The third kappa shape index (κ3) is 15.2. The molecule has 0 bridgehead atoms. The number of benzene rings is 2. The maximum atomic E-state index is 13.8. The minimum atomic E-state index is -1.40. The molecule has 0 radical (unpaired) electrons. The summed E-state index contributed by atoms with van der Waals surface area (Å²) in [4.78, 5) is 29.3. The van der Waals surface area contributed by atoms with Crippen molar-refractivity contribution in [3.8, 4) is 11.5 Å². The van der Waals surface area contributed by atoms with E-state index in [2.05, 4.69) is 20.4 Å². The second-order valence-electron chi connectivity index (χ2n) is 15.2. The minimum absolute atomic E-state index is 0.377. The lowest BCUT2D eigenvalue weighted by Crippen LogP contribution is -2.42. The molecule has 0 unspecified atom stereocenters. The van der Waals surface area contributed by atoms with Gasteiger partial charge in [-0.25, -0.2) is 8.78 Å². The predicted octanol–water partition coefficient (Wildman–Crippen LogP) is 8.22. The van der Waals surface area contributed by atoms with Crippen molar-refractivity contribution in [2.24, 2.45) is 0 Å². The number of phenols is 2. The van der Waals surface area contributed by atoms with E-state index in [1.54, 1.807) is 0 Å². The molecule has 308 valence electrons. The molecule has 4 rings (SSSR count). The summed E-state index contributed by atoms with van der Waals surface area (Å²) >= 11 is 0. The molecule has 0 aliphatic carbocycles. The quantitative estimate of drug-likeness (QED) is 0.0628. The van der Waals surface area contributed by atoms with E-state index in [0.29, 0.717) is 25.3 Å². The highest BCUT2D eigenvalue weighted by molar-refractivity contribution is 5.95. The molecule has 2 aromatic carbocycles. The van der Waals surface area contributed by atoms with Gasteiger partial charge >= 0.3 is 0 Å². The van der Waals surface area contributed by atoms with Gasteiger partial charge in [-0.15, -0.1) is 0 Å². The zero-order chi connectivity index (χ0) is 39.4. The number of halogens is 4. The molecule has 2 saturated heterocycles. The monoisotopic (exact) mass is 778 g/mol. The average molecular weight is 779 g/mol. The molecule has 55 heavy (non-hydrogen) atoms. The van der Waals surface area contributed by atoms with E-state index in [0.717, 1.165) is 141 Å². The van der Waals surface area contributed by atoms with E-state index < -0.39 is 57.7 Å². The molecular formula is C42H62F4N4O5. The molecule has 4 N–H and O–H groups in total. The van der Waals surface area contributed by atoms with Crippen LogP contribution in [0, 0.1) is 23.3 Å². The molecular weight excluding hydrogens is 716 g/mol. The lowest BCUT2D eigenvalue weighted by molar-refractivity contribution is -0.0650. The fraction of sp³-hybridized carbons (Fsp3) is 0.667. The van der Waals surface area contributed by atoms with E-state index in [-0.39, 0.29) is 0 Å². The third-order valence-corrected chi connectivity index (χ3v) is 10.9. The Labute approximate surface area is 324 Å². The van der Waals surface area contributed by atoms with Gasteiger partial charge in [-0.05, 0) is 88.7 Å². The van der Waals surface area contributed by atoms with Crippen molar-refractivity contribution in [1.82, 2.24) is 20.4 Å². The number of hydrogen-bond donors (Lipinski definition) is 4. The number of ether oxygens (including phenoxy) is 1. The number of rotatable bonds is 24. The first-order valence-electron chi connectivity index (χ1n) is 20.6. The van der Waals surface area contributed by atoms with Crippen LogP contribution < -0.4 is 10.6 Å². The van der Waals surface area contributed by atoms with Gasteiger partial charge in [0.25, 0.3) is 11.8 Å². The van der Waals surface area contributed by atoms with Gasteiger partial charge in [-0.2, -0.15) is 8.78 Å². The largest absolute Gasteiger partial charge is 0.505 e. The van der Waals surface area contributed by atoms with E-state index in [9.17, 15) is 37.4 Å². The second kappa shape index (κ2) is 24.3. The van der Waals surface area contributed by atoms with Crippen LogP contribution in [0.25, 0.3) is 0 Å². The molecule has 0 aromatic heterocycles. The number of phenolic OH excluding ortho intramolecular Hbond substituents is 2. The van der Waals surface area contributed by atoms with Crippen molar-refractivity contribution in [1.29, 1.82) is 0 Å². The van der Waals surface area contributed by atoms with Crippen LogP contribution in [-0.4, -0.2) is 96.4 Å². The van der Waals surface area contributed by atoms with Crippen molar-refractivity contribution in [2.75, 3.05) is 52.4 Å². The molecule has 2 aliphatic rings. The van der Waals surface area contributed by atoms with Crippen molar-refractivity contribution in [3.63, 3.8) is 0 Å². The highest BCUT2D eigenvalue weighted by Crippen LogP contribution is 2.24. The highest BCUT2D eigenvalue weighted by atomic mass is 19.2. The van der Waals surface area contributed by atoms with Crippen LogP contribution in [0.15, 0.2) is 24.3 Å². The topological polar surface area (TPSA) is 114 Å². The van der Waals surface area contributed by atoms with Crippen LogP contribution in [-0.2, 0) is 4.74 Å². The fourth-order valence-corrected chi connectivity index (χ4v) is 7.52. The van der Waals surface area contributed by atoms with Gasteiger partial charge in [0.15, 0.2) is 23.1 Å². The number of carbonyl (C=O) groups excluding carboxylic acids is 2. The number of nitrogens with one attached hydrogen (secondary N) is 2. The molecule has 2 heterocycles. The summed E-state index contributed by atoms with van der Waals surface area (Å²) in [6, 6.07) is 4.12. The van der Waals surface area contributed by atoms with Gasteiger partial charge in [-0.3, -0.25) is 9.59 Å². The SMILES string of the molecule is O=C(NCCCCCCCCCN1CCC(OC2CCN(CCCCCCCCCNC(=O)c3ccc(O)c(F)c3F)CC2)CC1)c1ccc(O)c(F)c1F. The zero-order valence-electron chi connectivity index (χ0n) is 32.4. The number of amides is 2. The second-order valence-corrected chi connectivity index (χ2v) is 15.2. The number of aromatic hydroxyl groups is 2. The summed E-state index contributed by atoms with van der Waals surface area (Å²) in [6.07, 6.45) is 20.4. The van der Waals surface area contributed by atoms with Crippen LogP contribution in [0.1, 0.15) is 136 Å². The molecule has 2 fully saturated rings. The van der Waals surface area contributed by atoms with Gasteiger partial charge in [-0.1, -0.05) is 64.2 Å². The summed E-state index contributed by atoms with van der Waals surface area (Å²) in [5.41, 5.74) is -0.794. The molecule has 0 spiro atoms. The average Bonchev–Trinajstić information content (AvgIpc) is 3.18. The van der Waals surface area contributed by atoms with Crippen LogP contribution in [0.5, 0.6) is 11.5 Å². The molecule has 0 saturated carbocycles. The Bertz CT molecular complexity index is 1360. The molecule has 0 atom stereocenters. The molecule has 2 aliphatic heterocycles. The smallest absolute Gasteiger partial charge is 0.254 e. The summed E-state index contributed by atoms with van der Waals surface area (Å²) in [5.74, 6) is -8.43. The molecule has 13 heteroatoms. The number of piperidine rings is 2. The van der Waals surface area contributed by atoms with Gasteiger partial charge in [0, 0.05) is 39.3 Å². The zero-order valence-corrected chi connectivity index (χ0v) is 32.4. The van der Waals surface area contributed by atoms with E-state index in [1.165, 1.54) is 38.5 Å². The highest BCUT2D eigenvalue weighted by Gasteiger charge is 2.26. The lowest BCUT2D eigenvalue weighted by Gasteiger charge is -2.37. The van der Waals surface area contributed by atoms with Crippen LogP contribution in [0.4, 0.5) is 17.6 Å². The normalized spacial score (nSPS) is 16.1. The minimum Gasteiger partial charge on any atom is -0.505 e. The summed E-state index contributed by atoms with van der Waals surface area (Å²) in [7, 11) is 0. The molecule has 9 nitrogen and oxygen atoms in total. The Balaban J connectivity index is 0.894. The number of hydrogen-bond acceptors (Lipinski definition) is 7. The maximum absolute atomic E-state index is 13.8. The van der Waals surface area contributed by atoms with Crippen molar-refractivity contribution >= 4 is 11.8 Å². The standard InChI is InChI=1S/C42H62F4N4O5/c43-37-33(15-17-35(51)39(37)45)41(53)47-23-11-7-3-1-5-9-13-25-49-27-19-31(20-28-49)55-32-21-29-50(30-22-32)26-14-10-6-2-4-8-12-24-48-42(54)34-16-18-36(52)40(46)38(34)44/h15-18,31-32,51-52H,1-14,19-30H2,(H,47,53)(H,48,54). The fourth-order valence-electron chi connectivity index (χ4n) is 7.52. The molecule has 2 amide bonds. The van der Waals surface area contributed by atoms with Crippen molar-refractivity contribution in [2.45, 2.75) is 128 Å². The van der Waals surface area contributed by atoms with Gasteiger partial charge < -0.3 is 35.4 Å². The summed E-state index contributed by atoms with van der Waals surface area (Å²) in [5, 5.41) is 23.6. The Morgan fingerprint density at radius 2 is 0.855 bits per heavy atom. The Morgan fingerprint density at radius 1 is 0.527 bits per heavy atom. The van der Waals surface area contributed by atoms with Crippen LogP contribution in [0.2, 0.25) is 0 Å². The van der Waals surface area contributed by atoms with Crippen LogP contribution in [0.3, 0.4) is 0 Å². The third-order valence-electron chi connectivity index (χ3n) is 10.9. The maximum Gasteiger partial charge on any atom is 0.254 e. The number of nitrogens with zero attached hydrogens (tertiary/aromatic N) is 2. The summed E-state index contributed by atoms with van der Waals surface area (Å²) in [6.45, 7) is 7.52. The number of carbonyl (C=O) groups is 2. The van der Waals surface area contributed by atoms with Crippen molar-refractivity contribution in [3.05, 3.63) is 58.7 Å². The predicted molar refractivity (Wildman–Crippen MR) is 205 cm³/mol. The van der Waals surface area contributed by atoms with Gasteiger partial charge in [0.05, 0.1) is 23.3 Å². The first-order valence-corrected chi connectivity index (χ1v) is 20.6.